The standard InChI is InChI=1S/C21H20BrN3O2S2/c1-12(13-4-6-16(7-5-13)24-20(27)14-2-3-14)23-19(26)9-17-11-29-21(25-17)18-8-15(22)10-28-18/h4-8,10-12,14H,2-3,9H2,1H3,(H,23,26)(H,24,27). The maximum atomic E-state index is 12.4. The van der Waals surface area contributed by atoms with Gasteiger partial charge in [-0.15, -0.1) is 22.7 Å². The molecule has 0 bridgehead atoms. The number of thiazole rings is 1. The van der Waals surface area contributed by atoms with E-state index in [9.17, 15) is 9.59 Å². The number of hydrogen-bond donors (Lipinski definition) is 2. The van der Waals surface area contributed by atoms with Gasteiger partial charge in [0.15, 0.2) is 0 Å². The molecule has 0 spiro atoms. The minimum absolute atomic E-state index is 0.0622. The molecule has 1 unspecified atom stereocenters. The molecule has 2 aromatic heterocycles. The van der Waals surface area contributed by atoms with E-state index in [1.807, 2.05) is 48.0 Å². The van der Waals surface area contributed by atoms with Crippen molar-refractivity contribution in [2.45, 2.75) is 32.2 Å². The van der Waals surface area contributed by atoms with Crippen LogP contribution >= 0.6 is 38.6 Å². The van der Waals surface area contributed by atoms with Crippen molar-refractivity contribution >= 4 is 56.1 Å². The van der Waals surface area contributed by atoms with E-state index in [0.29, 0.717) is 0 Å². The SMILES string of the molecule is CC(NC(=O)Cc1csc(-c2cc(Br)cs2)n1)c1ccc(NC(=O)C2CC2)cc1. The van der Waals surface area contributed by atoms with Crippen molar-refractivity contribution in [2.75, 3.05) is 5.32 Å². The fourth-order valence-corrected chi connectivity index (χ4v) is 5.24. The van der Waals surface area contributed by atoms with Crippen LogP contribution < -0.4 is 10.6 Å². The predicted octanol–water partition coefficient (Wildman–Crippen LogP) is 5.40. The molecule has 0 saturated heterocycles. The Morgan fingerprint density at radius 3 is 2.62 bits per heavy atom. The van der Waals surface area contributed by atoms with E-state index in [4.69, 9.17) is 0 Å². The second kappa shape index (κ2) is 8.77. The number of nitrogens with zero attached hydrogens (tertiary/aromatic N) is 1. The Bertz CT molecular complexity index is 1020. The van der Waals surface area contributed by atoms with Crippen LogP contribution in [0.3, 0.4) is 0 Å². The summed E-state index contributed by atoms with van der Waals surface area (Å²) in [5.74, 6) is 0.213. The lowest BCUT2D eigenvalue weighted by atomic mass is 10.1. The van der Waals surface area contributed by atoms with Crippen molar-refractivity contribution in [1.82, 2.24) is 10.3 Å². The molecule has 4 rings (SSSR count). The van der Waals surface area contributed by atoms with Gasteiger partial charge in [0.2, 0.25) is 11.8 Å². The largest absolute Gasteiger partial charge is 0.349 e. The quantitative estimate of drug-likeness (QED) is 0.466. The summed E-state index contributed by atoms with van der Waals surface area (Å²) in [7, 11) is 0. The number of rotatable bonds is 7. The number of thiophene rings is 1. The van der Waals surface area contributed by atoms with E-state index in [2.05, 4.69) is 31.5 Å². The first-order valence-corrected chi connectivity index (χ1v) is 11.9. The molecular weight excluding hydrogens is 470 g/mol. The van der Waals surface area contributed by atoms with Crippen molar-refractivity contribution in [1.29, 1.82) is 0 Å². The molecule has 0 radical (unpaired) electrons. The van der Waals surface area contributed by atoms with Crippen LogP contribution in [-0.4, -0.2) is 16.8 Å². The summed E-state index contributed by atoms with van der Waals surface area (Å²) in [5.41, 5.74) is 2.56. The Labute approximate surface area is 185 Å². The third-order valence-corrected chi connectivity index (χ3v) is 7.43. The van der Waals surface area contributed by atoms with Crippen molar-refractivity contribution < 1.29 is 9.59 Å². The number of carbonyl (C=O) groups is 2. The Kier molecular flexibility index (Phi) is 6.12. The smallest absolute Gasteiger partial charge is 0.227 e. The molecule has 2 amide bonds. The molecule has 29 heavy (non-hydrogen) atoms. The Balaban J connectivity index is 1.31. The molecule has 3 aromatic rings. The van der Waals surface area contributed by atoms with Gasteiger partial charge in [-0.3, -0.25) is 9.59 Å². The average Bonchev–Trinajstić information content (AvgIpc) is 3.31. The minimum atomic E-state index is -0.123. The van der Waals surface area contributed by atoms with Crippen LogP contribution in [0.15, 0.2) is 45.6 Å². The lowest BCUT2D eigenvalue weighted by Gasteiger charge is -2.15. The zero-order chi connectivity index (χ0) is 20.4. The van der Waals surface area contributed by atoms with E-state index in [0.717, 1.165) is 44.1 Å². The lowest BCUT2D eigenvalue weighted by Crippen LogP contribution is -2.28. The normalized spacial score (nSPS) is 14.4. The third kappa shape index (κ3) is 5.32. The number of hydrogen-bond acceptors (Lipinski definition) is 5. The number of nitrogens with one attached hydrogen (secondary N) is 2. The van der Waals surface area contributed by atoms with Crippen LogP contribution in [-0.2, 0) is 16.0 Å². The summed E-state index contributed by atoms with van der Waals surface area (Å²) in [6.07, 6.45) is 2.22. The van der Waals surface area contributed by atoms with Crippen LogP contribution in [0.2, 0.25) is 0 Å². The minimum Gasteiger partial charge on any atom is -0.349 e. The van der Waals surface area contributed by atoms with Crippen LogP contribution in [0.5, 0.6) is 0 Å². The van der Waals surface area contributed by atoms with Crippen molar-refractivity contribution in [2.24, 2.45) is 5.92 Å². The Morgan fingerprint density at radius 1 is 1.21 bits per heavy atom. The molecule has 8 heteroatoms. The maximum absolute atomic E-state index is 12.4. The van der Waals surface area contributed by atoms with Crippen molar-refractivity contribution in [3.05, 3.63) is 56.8 Å². The van der Waals surface area contributed by atoms with Gasteiger partial charge in [0, 0.05) is 26.8 Å². The summed E-state index contributed by atoms with van der Waals surface area (Å²) in [5, 5.41) is 10.8. The summed E-state index contributed by atoms with van der Waals surface area (Å²) >= 11 is 6.63. The van der Waals surface area contributed by atoms with E-state index in [1.54, 1.807) is 22.7 Å². The van der Waals surface area contributed by atoms with E-state index < -0.39 is 0 Å². The second-order valence-corrected chi connectivity index (χ2v) is 9.81. The molecule has 1 fully saturated rings. The number of amides is 2. The van der Waals surface area contributed by atoms with Crippen LogP contribution in [0, 0.1) is 5.92 Å². The fraction of sp³-hybridized carbons (Fsp3) is 0.286. The van der Waals surface area contributed by atoms with E-state index in [1.165, 1.54) is 0 Å². The molecule has 5 nitrogen and oxygen atoms in total. The summed E-state index contributed by atoms with van der Waals surface area (Å²) in [6, 6.07) is 9.54. The molecule has 1 aliphatic rings. The molecule has 1 aromatic carbocycles. The first-order chi connectivity index (χ1) is 14.0. The highest BCUT2D eigenvalue weighted by Crippen LogP contribution is 2.32. The molecular formula is C21H20BrN3O2S2. The molecule has 150 valence electrons. The topological polar surface area (TPSA) is 71.1 Å². The number of aromatic nitrogens is 1. The molecule has 1 aliphatic carbocycles. The Hall–Kier alpha value is -2.03. The van der Waals surface area contributed by atoms with Gasteiger partial charge in [-0.2, -0.15) is 0 Å². The highest BCUT2D eigenvalue weighted by Gasteiger charge is 2.29. The van der Waals surface area contributed by atoms with Gasteiger partial charge in [0.1, 0.15) is 5.01 Å². The van der Waals surface area contributed by atoms with Gasteiger partial charge in [-0.25, -0.2) is 4.98 Å². The van der Waals surface area contributed by atoms with Gasteiger partial charge in [-0.1, -0.05) is 12.1 Å². The summed E-state index contributed by atoms with van der Waals surface area (Å²) in [6.45, 7) is 1.95. The van der Waals surface area contributed by atoms with Crippen molar-refractivity contribution in [3.8, 4) is 9.88 Å². The predicted molar refractivity (Wildman–Crippen MR) is 121 cm³/mol. The third-order valence-electron chi connectivity index (χ3n) is 4.68. The van der Waals surface area contributed by atoms with E-state index in [-0.39, 0.29) is 30.2 Å². The highest BCUT2D eigenvalue weighted by molar-refractivity contribution is 9.10. The van der Waals surface area contributed by atoms with Gasteiger partial charge in [0.25, 0.3) is 0 Å². The number of benzene rings is 1. The zero-order valence-electron chi connectivity index (χ0n) is 15.8. The molecule has 1 atom stereocenters. The zero-order valence-corrected chi connectivity index (χ0v) is 19.0. The van der Waals surface area contributed by atoms with Crippen LogP contribution in [0.1, 0.15) is 37.1 Å². The number of anilines is 1. The fourth-order valence-electron chi connectivity index (χ4n) is 2.91. The highest BCUT2D eigenvalue weighted by atomic mass is 79.9. The van der Waals surface area contributed by atoms with E-state index >= 15 is 0 Å². The second-order valence-electron chi connectivity index (χ2n) is 7.12. The number of carbonyl (C=O) groups excluding carboxylic acids is 2. The van der Waals surface area contributed by atoms with Gasteiger partial charge < -0.3 is 10.6 Å². The maximum Gasteiger partial charge on any atom is 0.227 e. The van der Waals surface area contributed by atoms with Crippen LogP contribution in [0.4, 0.5) is 5.69 Å². The monoisotopic (exact) mass is 489 g/mol. The number of halogens is 1. The molecule has 2 heterocycles. The van der Waals surface area contributed by atoms with Crippen LogP contribution in [0.25, 0.3) is 9.88 Å². The molecule has 2 N–H and O–H groups in total. The average molecular weight is 490 g/mol. The molecule has 1 saturated carbocycles. The van der Waals surface area contributed by atoms with Gasteiger partial charge >= 0.3 is 0 Å². The summed E-state index contributed by atoms with van der Waals surface area (Å²) < 4.78 is 1.04. The first-order valence-electron chi connectivity index (χ1n) is 9.37. The van der Waals surface area contributed by atoms with Gasteiger partial charge in [0.05, 0.1) is 23.0 Å². The summed E-state index contributed by atoms with van der Waals surface area (Å²) in [4.78, 5) is 29.9. The Morgan fingerprint density at radius 2 is 1.97 bits per heavy atom. The van der Waals surface area contributed by atoms with Crippen molar-refractivity contribution in [3.63, 3.8) is 0 Å². The first kappa shape index (κ1) is 20.3. The molecule has 0 aliphatic heterocycles. The van der Waals surface area contributed by atoms with Gasteiger partial charge in [-0.05, 0) is 59.5 Å². The lowest BCUT2D eigenvalue weighted by molar-refractivity contribution is -0.121.